The summed E-state index contributed by atoms with van der Waals surface area (Å²) in [6.07, 6.45) is -4.99. The highest BCUT2D eigenvalue weighted by atomic mass is 35.5. The van der Waals surface area contributed by atoms with Gasteiger partial charge in [0.2, 0.25) is 0 Å². The maximum absolute atomic E-state index is 14.6. The average Bonchev–Trinajstić information content (AvgIpc) is 3.19. The smallest absolute Gasteiger partial charge is 0.453 e. The summed E-state index contributed by atoms with van der Waals surface area (Å²) < 4.78 is 73.5. The molecule has 2 aromatic carbocycles. The van der Waals surface area contributed by atoms with Gasteiger partial charge in [-0.25, -0.2) is 9.18 Å². The Morgan fingerprint density at radius 1 is 1.21 bits per heavy atom. The van der Waals surface area contributed by atoms with Crippen molar-refractivity contribution in [1.29, 1.82) is 0 Å². The minimum absolute atomic E-state index is 0.0328. The number of aryl methyl sites for hydroxylation is 1. The van der Waals surface area contributed by atoms with E-state index in [4.69, 9.17) is 21.1 Å². The van der Waals surface area contributed by atoms with Gasteiger partial charge < -0.3 is 18.7 Å². The maximum Gasteiger partial charge on any atom is 0.453 e. The van der Waals surface area contributed by atoms with Gasteiger partial charge in [-0.2, -0.15) is 13.2 Å². The molecule has 1 heterocycles. The molecule has 1 aromatic heterocycles. The number of esters is 1. The summed E-state index contributed by atoms with van der Waals surface area (Å²) in [6, 6.07) is 8.93. The van der Waals surface area contributed by atoms with Crippen LogP contribution in [0.15, 0.2) is 40.9 Å². The lowest BCUT2D eigenvalue weighted by Crippen LogP contribution is -2.25. The Bertz CT molecular complexity index is 1180. The van der Waals surface area contributed by atoms with Crippen LogP contribution in [0.1, 0.15) is 30.7 Å². The zero-order valence-corrected chi connectivity index (χ0v) is 19.1. The molecule has 34 heavy (non-hydrogen) atoms. The molecular weight excluding hydrogens is 482 g/mol. The number of aromatic nitrogens is 1. The van der Waals surface area contributed by atoms with Crippen molar-refractivity contribution in [1.82, 2.24) is 5.16 Å². The van der Waals surface area contributed by atoms with Gasteiger partial charge in [-0.3, -0.25) is 0 Å². The monoisotopic (exact) mass is 501 g/mol. The van der Waals surface area contributed by atoms with Gasteiger partial charge in [0, 0.05) is 17.2 Å². The van der Waals surface area contributed by atoms with Crippen molar-refractivity contribution in [3.8, 4) is 22.8 Å². The van der Waals surface area contributed by atoms with Gasteiger partial charge in [-0.15, -0.1) is 0 Å². The van der Waals surface area contributed by atoms with Crippen molar-refractivity contribution < 1.29 is 41.1 Å². The third-order valence-electron chi connectivity index (χ3n) is 4.86. The molecule has 0 radical (unpaired) electrons. The zero-order chi connectivity index (χ0) is 25.0. The Kier molecular flexibility index (Phi) is 7.71. The molecule has 0 spiro atoms. The number of benzene rings is 2. The number of ether oxygens (including phenoxy) is 3. The summed E-state index contributed by atoms with van der Waals surface area (Å²) in [6.45, 7) is 3.47. The SMILES string of the molecule is CCc1ccc(COc2ccc(-c3noc(C(F)(F)F)c3Cl)c(F)c2)c(OC(C)C(=O)OC)c1. The number of alkyl halides is 3. The van der Waals surface area contributed by atoms with Gasteiger partial charge >= 0.3 is 12.1 Å². The van der Waals surface area contributed by atoms with Crippen molar-refractivity contribution in [2.45, 2.75) is 39.2 Å². The van der Waals surface area contributed by atoms with Crippen LogP contribution in [0.5, 0.6) is 11.5 Å². The highest BCUT2D eigenvalue weighted by Crippen LogP contribution is 2.40. The number of halogens is 5. The van der Waals surface area contributed by atoms with Crippen molar-refractivity contribution in [2.75, 3.05) is 7.11 Å². The second-order valence-corrected chi connectivity index (χ2v) is 7.56. The van der Waals surface area contributed by atoms with E-state index in [-0.39, 0.29) is 17.9 Å². The van der Waals surface area contributed by atoms with E-state index in [1.165, 1.54) is 19.2 Å². The number of carbonyl (C=O) groups excluding carboxylic acids is 1. The van der Waals surface area contributed by atoms with Crippen LogP contribution in [0.3, 0.4) is 0 Å². The average molecular weight is 502 g/mol. The molecule has 0 fully saturated rings. The lowest BCUT2D eigenvalue weighted by Gasteiger charge is -2.17. The van der Waals surface area contributed by atoms with Gasteiger partial charge in [-0.1, -0.05) is 35.8 Å². The predicted molar refractivity (Wildman–Crippen MR) is 114 cm³/mol. The first-order chi connectivity index (χ1) is 16.0. The van der Waals surface area contributed by atoms with E-state index < -0.39 is 40.5 Å². The second kappa shape index (κ2) is 10.3. The minimum atomic E-state index is -4.86. The number of methoxy groups -OCH3 is 1. The summed E-state index contributed by atoms with van der Waals surface area (Å²) in [5, 5.41) is 2.42. The summed E-state index contributed by atoms with van der Waals surface area (Å²) >= 11 is 5.69. The van der Waals surface area contributed by atoms with Crippen molar-refractivity contribution >= 4 is 17.6 Å². The van der Waals surface area contributed by atoms with Crippen LogP contribution in [0.4, 0.5) is 17.6 Å². The number of hydrogen-bond donors (Lipinski definition) is 0. The molecule has 3 rings (SSSR count). The molecule has 0 N–H and O–H groups in total. The van der Waals surface area contributed by atoms with Crippen LogP contribution in [-0.2, 0) is 28.7 Å². The second-order valence-electron chi connectivity index (χ2n) is 7.18. The zero-order valence-electron chi connectivity index (χ0n) is 18.3. The highest BCUT2D eigenvalue weighted by Gasteiger charge is 2.40. The third-order valence-corrected chi connectivity index (χ3v) is 5.21. The molecule has 0 bridgehead atoms. The van der Waals surface area contributed by atoms with Gasteiger partial charge in [-0.05, 0) is 37.1 Å². The first-order valence-corrected chi connectivity index (χ1v) is 10.4. The standard InChI is InChI=1S/C23H20ClF4NO5/c1-4-13-5-6-14(18(9-13)33-12(2)22(30)31-3)11-32-15-7-8-16(17(25)10-15)20-19(24)21(34-29-20)23(26,27)28/h5-10,12H,4,11H2,1-3H3. The lowest BCUT2D eigenvalue weighted by molar-refractivity contribution is -0.155. The van der Waals surface area contributed by atoms with Crippen LogP contribution in [0, 0.1) is 5.82 Å². The topological polar surface area (TPSA) is 70.8 Å². The van der Waals surface area contributed by atoms with Crippen molar-refractivity contribution in [2.24, 2.45) is 0 Å². The van der Waals surface area contributed by atoms with Crippen LogP contribution >= 0.6 is 11.6 Å². The lowest BCUT2D eigenvalue weighted by atomic mass is 10.1. The number of rotatable bonds is 8. The van der Waals surface area contributed by atoms with Gasteiger partial charge in [0.15, 0.2) is 6.10 Å². The molecule has 0 aliphatic heterocycles. The van der Waals surface area contributed by atoms with E-state index in [2.05, 4.69) is 14.4 Å². The van der Waals surface area contributed by atoms with Crippen LogP contribution < -0.4 is 9.47 Å². The molecule has 182 valence electrons. The fraction of sp³-hybridized carbons (Fsp3) is 0.304. The molecule has 0 saturated carbocycles. The normalized spacial score (nSPS) is 12.4. The van der Waals surface area contributed by atoms with Crippen molar-refractivity contribution in [3.05, 3.63) is 64.1 Å². The molecule has 11 heteroatoms. The Hall–Kier alpha value is -3.27. The maximum atomic E-state index is 14.6. The molecule has 1 unspecified atom stereocenters. The molecule has 0 aliphatic carbocycles. The molecular formula is C23H20ClF4NO5. The Morgan fingerprint density at radius 3 is 2.53 bits per heavy atom. The van der Waals surface area contributed by atoms with E-state index in [9.17, 15) is 22.4 Å². The number of carbonyl (C=O) groups is 1. The summed E-state index contributed by atoms with van der Waals surface area (Å²) in [7, 11) is 1.25. The minimum Gasteiger partial charge on any atom is -0.489 e. The Morgan fingerprint density at radius 2 is 1.94 bits per heavy atom. The fourth-order valence-corrected chi connectivity index (χ4v) is 3.29. The van der Waals surface area contributed by atoms with Gasteiger partial charge in [0.05, 0.1) is 7.11 Å². The number of nitrogens with zero attached hydrogens (tertiary/aromatic N) is 1. The fourth-order valence-electron chi connectivity index (χ4n) is 3.01. The highest BCUT2D eigenvalue weighted by molar-refractivity contribution is 6.33. The predicted octanol–water partition coefficient (Wildman–Crippen LogP) is 6.23. The van der Waals surface area contributed by atoms with E-state index in [1.54, 1.807) is 19.1 Å². The molecule has 0 aliphatic rings. The molecule has 0 amide bonds. The summed E-state index contributed by atoms with van der Waals surface area (Å²) in [5.74, 6) is -2.45. The van der Waals surface area contributed by atoms with E-state index >= 15 is 0 Å². The van der Waals surface area contributed by atoms with Crippen LogP contribution in [0.2, 0.25) is 5.02 Å². The van der Waals surface area contributed by atoms with Gasteiger partial charge in [0.25, 0.3) is 5.76 Å². The first kappa shape index (κ1) is 25.4. The first-order valence-electron chi connectivity index (χ1n) is 10.1. The van der Waals surface area contributed by atoms with E-state index in [1.807, 2.05) is 13.0 Å². The van der Waals surface area contributed by atoms with Gasteiger partial charge in [0.1, 0.15) is 34.6 Å². The molecule has 1 atom stereocenters. The van der Waals surface area contributed by atoms with Crippen molar-refractivity contribution in [3.63, 3.8) is 0 Å². The van der Waals surface area contributed by atoms with Crippen LogP contribution in [-0.4, -0.2) is 24.3 Å². The summed E-state index contributed by atoms with van der Waals surface area (Å²) in [4.78, 5) is 11.7. The molecule has 6 nitrogen and oxygen atoms in total. The third kappa shape index (κ3) is 5.61. The Balaban J connectivity index is 1.80. The van der Waals surface area contributed by atoms with E-state index in [0.29, 0.717) is 11.3 Å². The molecule has 3 aromatic rings. The van der Waals surface area contributed by atoms with Crippen LogP contribution in [0.25, 0.3) is 11.3 Å². The summed E-state index contributed by atoms with van der Waals surface area (Å²) in [5.41, 5.74) is 0.807. The molecule has 0 saturated heterocycles. The quantitative estimate of drug-likeness (QED) is 0.269. The number of hydrogen-bond acceptors (Lipinski definition) is 6. The largest absolute Gasteiger partial charge is 0.489 e. The Labute approximate surface area is 197 Å². The van der Waals surface area contributed by atoms with E-state index in [0.717, 1.165) is 18.1 Å².